The fraction of sp³-hybridized carbons (Fsp3) is 0.538. The van der Waals surface area contributed by atoms with Gasteiger partial charge in [-0.3, -0.25) is 4.79 Å². The summed E-state index contributed by atoms with van der Waals surface area (Å²) in [5.74, 6) is -0.177. The number of aromatic nitrogens is 1. The highest BCUT2D eigenvalue weighted by Gasteiger charge is 2.32. The van der Waals surface area contributed by atoms with Gasteiger partial charge in [-0.25, -0.2) is 4.98 Å². The number of carbonyl (C=O) groups is 1. The van der Waals surface area contributed by atoms with E-state index in [2.05, 4.69) is 22.5 Å². The molecule has 19 heavy (non-hydrogen) atoms. The van der Waals surface area contributed by atoms with E-state index in [0.29, 0.717) is 10.7 Å². The average Bonchev–Trinajstić information content (AvgIpc) is 2.40. The third kappa shape index (κ3) is 3.81. The number of nitrogens with one attached hydrogen (secondary N) is 2. The van der Waals surface area contributed by atoms with Crippen molar-refractivity contribution >= 4 is 29.9 Å². The number of hydrogen-bond donors (Lipinski definition) is 2. The van der Waals surface area contributed by atoms with Crippen molar-refractivity contribution in [3.8, 4) is 0 Å². The molecule has 0 aromatic carbocycles. The maximum Gasteiger partial charge on any atom is 0.271 e. The van der Waals surface area contributed by atoms with Crippen molar-refractivity contribution in [2.24, 2.45) is 0 Å². The molecule has 1 aliphatic rings. The van der Waals surface area contributed by atoms with Crippen LogP contribution in [0, 0.1) is 0 Å². The second-order valence-electron chi connectivity index (χ2n) is 4.67. The number of halogens is 2. The molecule has 106 valence electrons. The zero-order valence-corrected chi connectivity index (χ0v) is 12.5. The minimum atomic E-state index is -0.177. The summed E-state index contributed by atoms with van der Waals surface area (Å²) in [6.45, 7) is 3.97. The molecule has 1 fully saturated rings. The summed E-state index contributed by atoms with van der Waals surface area (Å²) in [6.07, 6.45) is 4.39. The van der Waals surface area contributed by atoms with Crippen LogP contribution in [0.4, 0.5) is 0 Å². The molecule has 0 spiro atoms. The minimum Gasteiger partial charge on any atom is -0.345 e. The first kappa shape index (κ1) is 16.2. The van der Waals surface area contributed by atoms with Gasteiger partial charge in [0.05, 0.1) is 5.02 Å². The summed E-state index contributed by atoms with van der Waals surface area (Å²) in [5, 5.41) is 6.82. The van der Waals surface area contributed by atoms with Crippen LogP contribution >= 0.6 is 24.0 Å². The zero-order valence-electron chi connectivity index (χ0n) is 10.9. The molecule has 2 heterocycles. The lowest BCUT2D eigenvalue weighted by Gasteiger charge is -2.37. The number of rotatable bonds is 3. The van der Waals surface area contributed by atoms with Gasteiger partial charge in [-0.1, -0.05) is 18.5 Å². The Morgan fingerprint density at radius 2 is 2.21 bits per heavy atom. The second kappa shape index (κ2) is 7.08. The van der Waals surface area contributed by atoms with E-state index in [1.807, 2.05) is 0 Å². The first-order chi connectivity index (χ1) is 8.67. The molecule has 0 aliphatic carbocycles. The summed E-state index contributed by atoms with van der Waals surface area (Å²) in [7, 11) is 0. The minimum absolute atomic E-state index is 0. The van der Waals surface area contributed by atoms with Crippen LogP contribution in [-0.4, -0.2) is 29.5 Å². The second-order valence-corrected chi connectivity index (χ2v) is 5.08. The van der Waals surface area contributed by atoms with E-state index in [4.69, 9.17) is 11.6 Å². The lowest BCUT2D eigenvalue weighted by atomic mass is 9.85. The monoisotopic (exact) mass is 303 g/mol. The summed E-state index contributed by atoms with van der Waals surface area (Å²) in [6, 6.07) is 3.41. The normalized spacial score (nSPS) is 17.4. The molecule has 0 radical (unpaired) electrons. The van der Waals surface area contributed by atoms with Gasteiger partial charge in [0.15, 0.2) is 0 Å². The molecular formula is C13H19Cl2N3O. The summed E-state index contributed by atoms with van der Waals surface area (Å²) >= 11 is 5.99. The molecule has 1 amide bonds. The van der Waals surface area contributed by atoms with Gasteiger partial charge < -0.3 is 10.6 Å². The van der Waals surface area contributed by atoms with Gasteiger partial charge >= 0.3 is 0 Å². The van der Waals surface area contributed by atoms with Crippen LogP contribution in [-0.2, 0) is 0 Å². The number of carbonyl (C=O) groups excluding carboxylic acids is 1. The Morgan fingerprint density at radius 3 is 2.79 bits per heavy atom. The smallest absolute Gasteiger partial charge is 0.271 e. The lowest BCUT2D eigenvalue weighted by molar-refractivity contribution is 0.0865. The standard InChI is InChI=1S/C13H18ClN3O.ClH/c1-2-13(5-8-15-9-6-13)17-12(18)11-10(14)4-3-7-16-11;/h3-4,7,15H,2,5-6,8-9H2,1H3,(H,17,18);1H. The highest BCUT2D eigenvalue weighted by molar-refractivity contribution is 6.33. The Kier molecular flexibility index (Phi) is 6.04. The molecule has 1 aliphatic heterocycles. The molecule has 4 nitrogen and oxygen atoms in total. The van der Waals surface area contributed by atoms with Crippen LogP contribution in [0.15, 0.2) is 18.3 Å². The van der Waals surface area contributed by atoms with Gasteiger partial charge in [0.1, 0.15) is 5.69 Å². The number of pyridine rings is 1. The first-order valence-electron chi connectivity index (χ1n) is 6.31. The van der Waals surface area contributed by atoms with Crippen LogP contribution in [0.1, 0.15) is 36.7 Å². The van der Waals surface area contributed by atoms with E-state index in [-0.39, 0.29) is 23.9 Å². The average molecular weight is 304 g/mol. The topological polar surface area (TPSA) is 54.0 Å². The van der Waals surface area contributed by atoms with Crippen LogP contribution < -0.4 is 10.6 Å². The molecule has 2 N–H and O–H groups in total. The maximum atomic E-state index is 12.2. The van der Waals surface area contributed by atoms with Crippen molar-refractivity contribution < 1.29 is 4.79 Å². The molecule has 6 heteroatoms. The van der Waals surface area contributed by atoms with Gasteiger partial charge in [0, 0.05) is 11.7 Å². The number of hydrogen-bond acceptors (Lipinski definition) is 3. The molecule has 1 saturated heterocycles. The Hall–Kier alpha value is -0.840. The van der Waals surface area contributed by atoms with Crippen molar-refractivity contribution in [2.45, 2.75) is 31.7 Å². The fourth-order valence-corrected chi connectivity index (χ4v) is 2.53. The van der Waals surface area contributed by atoms with Crippen molar-refractivity contribution in [1.82, 2.24) is 15.6 Å². The van der Waals surface area contributed by atoms with Crippen molar-refractivity contribution in [3.63, 3.8) is 0 Å². The lowest BCUT2D eigenvalue weighted by Crippen LogP contribution is -2.54. The van der Waals surface area contributed by atoms with Crippen molar-refractivity contribution in [1.29, 1.82) is 0 Å². The third-order valence-electron chi connectivity index (χ3n) is 3.59. The Morgan fingerprint density at radius 1 is 1.53 bits per heavy atom. The van der Waals surface area contributed by atoms with Crippen LogP contribution in [0.2, 0.25) is 5.02 Å². The molecule has 0 atom stereocenters. The Bertz CT molecular complexity index is 434. The fourth-order valence-electron chi connectivity index (χ4n) is 2.33. The van der Waals surface area contributed by atoms with Gasteiger partial charge in [0.25, 0.3) is 5.91 Å². The SMILES string of the molecule is CCC1(NC(=O)c2ncccc2Cl)CCNCC1.Cl. The van der Waals surface area contributed by atoms with E-state index >= 15 is 0 Å². The maximum absolute atomic E-state index is 12.2. The van der Waals surface area contributed by atoms with Gasteiger partial charge in [-0.05, 0) is 44.5 Å². The molecule has 1 aromatic rings. The van der Waals surface area contributed by atoms with Gasteiger partial charge in [0.2, 0.25) is 0 Å². The third-order valence-corrected chi connectivity index (χ3v) is 3.89. The van der Waals surface area contributed by atoms with Gasteiger partial charge in [-0.2, -0.15) is 0 Å². The number of piperidine rings is 1. The molecule has 2 rings (SSSR count). The van der Waals surface area contributed by atoms with Crippen LogP contribution in [0.5, 0.6) is 0 Å². The summed E-state index contributed by atoms with van der Waals surface area (Å²) < 4.78 is 0. The quantitative estimate of drug-likeness (QED) is 0.901. The van der Waals surface area contributed by atoms with E-state index in [1.165, 1.54) is 0 Å². The van der Waals surface area contributed by atoms with Crippen molar-refractivity contribution in [2.75, 3.05) is 13.1 Å². The van der Waals surface area contributed by atoms with Crippen LogP contribution in [0.3, 0.4) is 0 Å². The Balaban J connectivity index is 0.00000180. The van der Waals surface area contributed by atoms with E-state index in [9.17, 15) is 4.79 Å². The Labute approximate surface area is 124 Å². The molecular weight excluding hydrogens is 285 g/mol. The summed E-state index contributed by atoms with van der Waals surface area (Å²) in [5.41, 5.74) is 0.189. The van der Waals surface area contributed by atoms with Crippen molar-refractivity contribution in [3.05, 3.63) is 29.0 Å². The summed E-state index contributed by atoms with van der Waals surface area (Å²) in [4.78, 5) is 16.3. The van der Waals surface area contributed by atoms with Gasteiger partial charge in [-0.15, -0.1) is 12.4 Å². The molecule has 0 unspecified atom stereocenters. The largest absolute Gasteiger partial charge is 0.345 e. The predicted octanol–water partition coefficient (Wildman–Crippen LogP) is 2.42. The van der Waals surface area contributed by atoms with E-state index in [0.717, 1.165) is 32.4 Å². The first-order valence-corrected chi connectivity index (χ1v) is 6.68. The molecule has 0 bridgehead atoms. The number of amides is 1. The predicted molar refractivity (Wildman–Crippen MR) is 79.1 cm³/mol. The number of nitrogens with zero attached hydrogens (tertiary/aromatic N) is 1. The van der Waals surface area contributed by atoms with Crippen LogP contribution in [0.25, 0.3) is 0 Å². The zero-order chi connectivity index (χ0) is 13.0. The molecule has 1 aromatic heterocycles. The highest BCUT2D eigenvalue weighted by Crippen LogP contribution is 2.23. The highest BCUT2D eigenvalue weighted by atomic mass is 35.5. The van der Waals surface area contributed by atoms with E-state index in [1.54, 1.807) is 18.3 Å². The molecule has 0 saturated carbocycles. The van der Waals surface area contributed by atoms with E-state index < -0.39 is 0 Å².